The van der Waals surface area contributed by atoms with Crippen molar-refractivity contribution in [2.75, 3.05) is 0 Å². The lowest BCUT2D eigenvalue weighted by Crippen LogP contribution is -2.32. The van der Waals surface area contributed by atoms with Gasteiger partial charge in [-0.15, -0.1) is 0 Å². The molecule has 3 heteroatoms. The Morgan fingerprint density at radius 3 is 2.14 bits per heavy atom. The third-order valence-electron chi connectivity index (χ3n) is 3.67. The lowest BCUT2D eigenvalue weighted by molar-refractivity contribution is -0.121. The number of rotatable bonds is 6. The highest BCUT2D eigenvalue weighted by molar-refractivity contribution is 5.98. The second-order valence-corrected chi connectivity index (χ2v) is 6.63. The maximum Gasteiger partial charge on any atom is 0.220 e. The average Bonchev–Trinajstić information content (AvgIpc) is 2.43. The Morgan fingerprint density at radius 1 is 1.10 bits per heavy atom. The van der Waals surface area contributed by atoms with Crippen LogP contribution >= 0.6 is 0 Å². The molecule has 0 heterocycles. The van der Waals surface area contributed by atoms with Crippen molar-refractivity contribution in [1.29, 1.82) is 0 Å². The first-order valence-electron chi connectivity index (χ1n) is 7.67. The first-order valence-corrected chi connectivity index (χ1v) is 7.67. The summed E-state index contributed by atoms with van der Waals surface area (Å²) in [5.74, 6) is -0.0289. The lowest BCUT2D eigenvalue weighted by atomic mass is 9.86. The van der Waals surface area contributed by atoms with Crippen LogP contribution < -0.4 is 5.32 Å². The predicted molar refractivity (Wildman–Crippen MR) is 86.6 cm³/mol. The fourth-order valence-corrected chi connectivity index (χ4v) is 1.98. The smallest absolute Gasteiger partial charge is 0.220 e. The first-order chi connectivity index (χ1) is 9.74. The van der Waals surface area contributed by atoms with Gasteiger partial charge in [0.1, 0.15) is 0 Å². The second-order valence-electron chi connectivity index (χ2n) is 6.63. The number of ketones is 1. The molecule has 3 nitrogen and oxygen atoms in total. The van der Waals surface area contributed by atoms with Crippen molar-refractivity contribution >= 4 is 11.7 Å². The van der Waals surface area contributed by atoms with Crippen LogP contribution in [-0.4, -0.2) is 17.7 Å². The summed E-state index contributed by atoms with van der Waals surface area (Å²) in [5.41, 5.74) is 1.96. The summed E-state index contributed by atoms with van der Waals surface area (Å²) < 4.78 is 0. The monoisotopic (exact) mass is 289 g/mol. The minimum Gasteiger partial charge on any atom is -0.354 e. The largest absolute Gasteiger partial charge is 0.354 e. The first kappa shape index (κ1) is 17.4. The number of carbonyl (C=O) groups excluding carboxylic acids is 2. The van der Waals surface area contributed by atoms with E-state index in [-0.39, 0.29) is 36.0 Å². The van der Waals surface area contributed by atoms with Crippen LogP contribution in [0.2, 0.25) is 0 Å². The van der Waals surface area contributed by atoms with E-state index >= 15 is 0 Å². The molecule has 116 valence electrons. The third kappa shape index (κ3) is 5.70. The molecule has 1 aromatic rings. The van der Waals surface area contributed by atoms with E-state index in [0.29, 0.717) is 5.56 Å². The van der Waals surface area contributed by atoms with E-state index in [1.54, 1.807) is 0 Å². The molecule has 21 heavy (non-hydrogen) atoms. The van der Waals surface area contributed by atoms with Crippen LogP contribution in [0.4, 0.5) is 0 Å². The molecular weight excluding hydrogens is 262 g/mol. The Morgan fingerprint density at radius 2 is 1.67 bits per heavy atom. The van der Waals surface area contributed by atoms with E-state index in [9.17, 15) is 9.59 Å². The number of nitrogens with one attached hydrogen (secondary N) is 1. The van der Waals surface area contributed by atoms with Gasteiger partial charge in [-0.25, -0.2) is 0 Å². The quantitative estimate of drug-likeness (QED) is 0.808. The fourth-order valence-electron chi connectivity index (χ4n) is 1.98. The highest BCUT2D eigenvalue weighted by atomic mass is 16.2. The SMILES string of the molecule is CCC(C)NC(=O)CCC(=O)c1ccc(C(C)(C)C)cc1. The topological polar surface area (TPSA) is 46.2 Å². The van der Waals surface area contributed by atoms with E-state index in [4.69, 9.17) is 0 Å². The molecule has 0 fully saturated rings. The molecule has 1 amide bonds. The van der Waals surface area contributed by atoms with E-state index in [1.807, 2.05) is 38.1 Å². The number of benzene rings is 1. The summed E-state index contributed by atoms with van der Waals surface area (Å²) >= 11 is 0. The van der Waals surface area contributed by atoms with E-state index in [2.05, 4.69) is 26.1 Å². The van der Waals surface area contributed by atoms with Crippen molar-refractivity contribution < 1.29 is 9.59 Å². The molecule has 1 unspecified atom stereocenters. The van der Waals surface area contributed by atoms with Crippen LogP contribution in [0, 0.1) is 0 Å². The minimum absolute atomic E-state index is 0.0229. The zero-order valence-electron chi connectivity index (χ0n) is 13.8. The van der Waals surface area contributed by atoms with Gasteiger partial charge in [0.15, 0.2) is 5.78 Å². The molecule has 0 bridgehead atoms. The van der Waals surface area contributed by atoms with Gasteiger partial charge in [-0.3, -0.25) is 9.59 Å². The molecule has 0 aromatic heterocycles. The Kier molecular flexibility index (Phi) is 6.13. The van der Waals surface area contributed by atoms with Crippen molar-refractivity contribution in [2.45, 2.75) is 65.3 Å². The molecular formula is C18H27NO2. The van der Waals surface area contributed by atoms with Crippen LogP contribution in [0.25, 0.3) is 0 Å². The lowest BCUT2D eigenvalue weighted by Gasteiger charge is -2.19. The molecule has 1 rings (SSSR count). The van der Waals surface area contributed by atoms with Crippen LogP contribution in [0.3, 0.4) is 0 Å². The number of amides is 1. The average molecular weight is 289 g/mol. The second kappa shape index (κ2) is 7.39. The molecule has 0 saturated carbocycles. The summed E-state index contributed by atoms with van der Waals surface area (Å²) in [6.07, 6.45) is 1.41. The maximum atomic E-state index is 12.1. The summed E-state index contributed by atoms with van der Waals surface area (Å²) in [4.78, 5) is 23.8. The summed E-state index contributed by atoms with van der Waals surface area (Å²) in [6, 6.07) is 7.86. The van der Waals surface area contributed by atoms with E-state index in [1.165, 1.54) is 5.56 Å². The molecule has 0 aliphatic heterocycles. The van der Waals surface area contributed by atoms with Crippen molar-refractivity contribution in [3.05, 3.63) is 35.4 Å². The molecule has 1 atom stereocenters. The molecule has 1 aromatic carbocycles. The number of Topliss-reactive ketones (excluding diaryl/α,β-unsaturated/α-hetero) is 1. The fraction of sp³-hybridized carbons (Fsp3) is 0.556. The molecule has 0 aliphatic carbocycles. The van der Waals surface area contributed by atoms with Gasteiger partial charge in [-0.2, -0.15) is 0 Å². The van der Waals surface area contributed by atoms with Crippen molar-refractivity contribution in [3.63, 3.8) is 0 Å². The van der Waals surface area contributed by atoms with Gasteiger partial charge in [-0.05, 0) is 24.3 Å². The Balaban J connectivity index is 2.55. The highest BCUT2D eigenvalue weighted by Gasteiger charge is 2.15. The van der Waals surface area contributed by atoms with Gasteiger partial charge in [0.25, 0.3) is 0 Å². The standard InChI is InChI=1S/C18H27NO2/c1-6-13(2)19-17(21)12-11-16(20)14-7-9-15(10-8-14)18(3,4)5/h7-10,13H,6,11-12H2,1-5H3,(H,19,21). The summed E-state index contributed by atoms with van der Waals surface area (Å²) in [7, 11) is 0. The molecule has 0 saturated heterocycles. The van der Waals surface area contributed by atoms with Crippen molar-refractivity contribution in [1.82, 2.24) is 5.32 Å². The third-order valence-corrected chi connectivity index (χ3v) is 3.67. The zero-order valence-corrected chi connectivity index (χ0v) is 13.8. The van der Waals surface area contributed by atoms with Crippen LogP contribution in [0.5, 0.6) is 0 Å². The minimum atomic E-state index is -0.0518. The Hall–Kier alpha value is -1.64. The van der Waals surface area contributed by atoms with Crippen molar-refractivity contribution in [3.8, 4) is 0 Å². The summed E-state index contributed by atoms with van der Waals surface area (Å²) in [5, 5.41) is 2.87. The Bertz CT molecular complexity index is 483. The van der Waals surface area contributed by atoms with Gasteiger partial charge in [0.2, 0.25) is 5.91 Å². The molecule has 1 N–H and O–H groups in total. The highest BCUT2D eigenvalue weighted by Crippen LogP contribution is 2.22. The van der Waals surface area contributed by atoms with Gasteiger partial charge in [-0.1, -0.05) is 52.0 Å². The Labute approximate surface area is 128 Å². The predicted octanol–water partition coefficient (Wildman–Crippen LogP) is 3.86. The van der Waals surface area contributed by atoms with Crippen LogP contribution in [-0.2, 0) is 10.2 Å². The number of carbonyl (C=O) groups is 2. The van der Waals surface area contributed by atoms with Gasteiger partial charge < -0.3 is 5.32 Å². The normalized spacial score (nSPS) is 12.8. The van der Waals surface area contributed by atoms with Crippen LogP contribution in [0.1, 0.15) is 69.8 Å². The van der Waals surface area contributed by atoms with E-state index in [0.717, 1.165) is 6.42 Å². The van der Waals surface area contributed by atoms with Crippen LogP contribution in [0.15, 0.2) is 24.3 Å². The van der Waals surface area contributed by atoms with Gasteiger partial charge >= 0.3 is 0 Å². The van der Waals surface area contributed by atoms with E-state index < -0.39 is 0 Å². The molecule has 0 spiro atoms. The maximum absolute atomic E-state index is 12.1. The summed E-state index contributed by atoms with van der Waals surface area (Å²) in [6.45, 7) is 10.4. The molecule has 0 aliphatic rings. The van der Waals surface area contributed by atoms with Gasteiger partial charge in [0.05, 0.1) is 0 Å². The number of hydrogen-bond acceptors (Lipinski definition) is 2. The zero-order chi connectivity index (χ0) is 16.0. The van der Waals surface area contributed by atoms with Gasteiger partial charge in [0, 0.05) is 24.4 Å². The number of hydrogen-bond donors (Lipinski definition) is 1. The molecule has 0 radical (unpaired) electrons. The van der Waals surface area contributed by atoms with Crippen molar-refractivity contribution in [2.24, 2.45) is 0 Å².